The van der Waals surface area contributed by atoms with E-state index in [9.17, 15) is 0 Å². The number of rotatable bonds is 10. The zero-order chi connectivity index (χ0) is 14.5. The lowest BCUT2D eigenvalue weighted by Crippen LogP contribution is -2.19. The van der Waals surface area contributed by atoms with E-state index in [1.165, 1.54) is 5.57 Å². The fraction of sp³-hybridized carbons (Fsp3) is 0.556. The van der Waals surface area contributed by atoms with Crippen molar-refractivity contribution in [3.63, 3.8) is 0 Å². The van der Waals surface area contributed by atoms with Gasteiger partial charge in [0.25, 0.3) is 0 Å². The second-order valence-corrected chi connectivity index (χ2v) is 5.39. The summed E-state index contributed by atoms with van der Waals surface area (Å²) in [6, 6.07) is 0.313. The number of hydrogen-bond donors (Lipinski definition) is 1. The van der Waals surface area contributed by atoms with Crippen molar-refractivity contribution in [3.05, 3.63) is 36.5 Å². The van der Waals surface area contributed by atoms with Crippen molar-refractivity contribution < 1.29 is 0 Å². The van der Waals surface area contributed by atoms with Gasteiger partial charge < -0.3 is 5.73 Å². The lowest BCUT2D eigenvalue weighted by Gasteiger charge is -2.09. The normalized spacial score (nSPS) is 14.6. The molecule has 0 aromatic heterocycles. The Labute approximate surface area is 119 Å². The SMILES string of the molecule is C#CCC(C)/C=C/C=C/CCC(N)CCCC(=C)C. The van der Waals surface area contributed by atoms with E-state index >= 15 is 0 Å². The molecule has 2 N–H and O–H groups in total. The van der Waals surface area contributed by atoms with Crippen LogP contribution in [0.3, 0.4) is 0 Å². The number of hydrogen-bond acceptors (Lipinski definition) is 1. The van der Waals surface area contributed by atoms with Crippen LogP contribution in [0.25, 0.3) is 0 Å². The van der Waals surface area contributed by atoms with Crippen LogP contribution in [-0.4, -0.2) is 6.04 Å². The summed E-state index contributed by atoms with van der Waals surface area (Å²) < 4.78 is 0. The highest BCUT2D eigenvalue weighted by Crippen LogP contribution is 2.09. The van der Waals surface area contributed by atoms with Crippen LogP contribution in [0.4, 0.5) is 0 Å². The van der Waals surface area contributed by atoms with Crippen LogP contribution < -0.4 is 5.73 Å². The van der Waals surface area contributed by atoms with E-state index in [0.717, 1.165) is 38.5 Å². The Hall–Kier alpha value is -1.26. The maximum Gasteiger partial charge on any atom is 0.0146 e. The Morgan fingerprint density at radius 2 is 2.11 bits per heavy atom. The molecule has 0 aromatic carbocycles. The molecule has 0 rings (SSSR count). The lowest BCUT2D eigenvalue weighted by atomic mass is 10.0. The van der Waals surface area contributed by atoms with Crippen molar-refractivity contribution >= 4 is 0 Å². The highest BCUT2D eigenvalue weighted by molar-refractivity contribution is 5.05. The van der Waals surface area contributed by atoms with E-state index in [-0.39, 0.29) is 0 Å². The first-order valence-corrected chi connectivity index (χ1v) is 7.23. The first-order valence-electron chi connectivity index (χ1n) is 7.23. The molecule has 0 fully saturated rings. The zero-order valence-corrected chi connectivity index (χ0v) is 12.6. The molecule has 0 radical (unpaired) electrons. The highest BCUT2D eigenvalue weighted by atomic mass is 14.6. The Morgan fingerprint density at radius 1 is 1.37 bits per heavy atom. The van der Waals surface area contributed by atoms with Crippen molar-refractivity contribution in [2.75, 3.05) is 0 Å². The fourth-order valence-corrected chi connectivity index (χ4v) is 1.80. The van der Waals surface area contributed by atoms with Crippen molar-refractivity contribution in [2.24, 2.45) is 11.7 Å². The average Bonchev–Trinajstić information content (AvgIpc) is 2.33. The molecule has 0 bridgehead atoms. The van der Waals surface area contributed by atoms with Crippen LogP contribution in [-0.2, 0) is 0 Å². The van der Waals surface area contributed by atoms with Crippen molar-refractivity contribution in [2.45, 2.75) is 58.4 Å². The smallest absolute Gasteiger partial charge is 0.0146 e. The Morgan fingerprint density at radius 3 is 2.74 bits per heavy atom. The van der Waals surface area contributed by atoms with Gasteiger partial charge in [-0.15, -0.1) is 18.9 Å². The molecule has 1 nitrogen and oxygen atoms in total. The molecule has 0 spiro atoms. The minimum absolute atomic E-state index is 0.313. The average molecular weight is 259 g/mol. The van der Waals surface area contributed by atoms with E-state index in [1.54, 1.807) is 0 Å². The monoisotopic (exact) mass is 259 g/mol. The van der Waals surface area contributed by atoms with E-state index in [2.05, 4.69) is 50.7 Å². The predicted octanol–water partition coefficient (Wildman–Crippen LogP) is 4.61. The molecular formula is C18H29N. The Bertz CT molecular complexity index is 330. The fourth-order valence-electron chi connectivity index (χ4n) is 1.80. The largest absolute Gasteiger partial charge is 0.328 e. The van der Waals surface area contributed by atoms with Gasteiger partial charge in [0.1, 0.15) is 0 Å². The molecule has 106 valence electrons. The van der Waals surface area contributed by atoms with Crippen LogP contribution in [0, 0.1) is 18.3 Å². The number of terminal acetylenes is 1. The minimum atomic E-state index is 0.313. The lowest BCUT2D eigenvalue weighted by molar-refractivity contribution is 0.549. The maximum atomic E-state index is 6.06. The molecule has 0 aliphatic rings. The summed E-state index contributed by atoms with van der Waals surface area (Å²) in [5.74, 6) is 3.12. The second-order valence-electron chi connectivity index (χ2n) is 5.39. The van der Waals surface area contributed by atoms with E-state index in [1.807, 2.05) is 0 Å². The van der Waals surface area contributed by atoms with E-state index in [4.69, 9.17) is 12.2 Å². The summed E-state index contributed by atoms with van der Waals surface area (Å²) in [6.45, 7) is 8.10. The van der Waals surface area contributed by atoms with Gasteiger partial charge in [-0.3, -0.25) is 0 Å². The molecule has 19 heavy (non-hydrogen) atoms. The molecule has 0 aliphatic heterocycles. The molecular weight excluding hydrogens is 230 g/mol. The van der Waals surface area contributed by atoms with Gasteiger partial charge >= 0.3 is 0 Å². The van der Waals surface area contributed by atoms with Crippen LogP contribution in [0.1, 0.15) is 52.4 Å². The molecule has 0 aliphatic carbocycles. The third-order valence-corrected chi connectivity index (χ3v) is 3.01. The van der Waals surface area contributed by atoms with Gasteiger partial charge in [0.2, 0.25) is 0 Å². The second kappa shape index (κ2) is 11.8. The van der Waals surface area contributed by atoms with E-state index in [0.29, 0.717) is 12.0 Å². The number of nitrogens with two attached hydrogens (primary N) is 1. The molecule has 0 aromatic rings. The maximum absolute atomic E-state index is 6.06. The molecule has 2 unspecified atom stereocenters. The van der Waals surface area contributed by atoms with Crippen molar-refractivity contribution in [1.29, 1.82) is 0 Å². The molecule has 0 heterocycles. The summed E-state index contributed by atoms with van der Waals surface area (Å²) in [4.78, 5) is 0. The van der Waals surface area contributed by atoms with Crippen LogP contribution in [0.5, 0.6) is 0 Å². The van der Waals surface area contributed by atoms with Gasteiger partial charge in [0, 0.05) is 12.5 Å². The van der Waals surface area contributed by atoms with Gasteiger partial charge in [-0.1, -0.05) is 36.8 Å². The first kappa shape index (κ1) is 17.7. The minimum Gasteiger partial charge on any atom is -0.328 e. The summed E-state index contributed by atoms with van der Waals surface area (Å²) >= 11 is 0. The van der Waals surface area contributed by atoms with Gasteiger partial charge in [-0.25, -0.2) is 0 Å². The third kappa shape index (κ3) is 13.0. The quantitative estimate of drug-likeness (QED) is 0.346. The van der Waals surface area contributed by atoms with Crippen LogP contribution in [0.2, 0.25) is 0 Å². The Balaban J connectivity index is 3.61. The molecule has 0 amide bonds. The summed E-state index contributed by atoms with van der Waals surface area (Å²) in [5.41, 5.74) is 7.31. The van der Waals surface area contributed by atoms with E-state index < -0.39 is 0 Å². The van der Waals surface area contributed by atoms with Gasteiger partial charge in [0.05, 0.1) is 0 Å². The zero-order valence-electron chi connectivity index (χ0n) is 12.6. The highest BCUT2D eigenvalue weighted by Gasteiger charge is 2.00. The van der Waals surface area contributed by atoms with Crippen LogP contribution >= 0.6 is 0 Å². The standard InChI is InChI=1S/C18H29N/c1-5-11-17(4)13-8-6-7-9-14-18(19)15-10-12-16(2)3/h1,6-8,13,17-18H,2,9-12,14-15,19H2,3-4H3/b7-6+,13-8+. The van der Waals surface area contributed by atoms with Gasteiger partial charge in [-0.05, 0) is 44.9 Å². The van der Waals surface area contributed by atoms with Gasteiger partial charge in [0.15, 0.2) is 0 Å². The molecule has 2 atom stereocenters. The topological polar surface area (TPSA) is 26.0 Å². The summed E-state index contributed by atoms with van der Waals surface area (Å²) in [7, 11) is 0. The van der Waals surface area contributed by atoms with Gasteiger partial charge in [-0.2, -0.15) is 0 Å². The number of allylic oxidation sites excluding steroid dienone is 5. The van der Waals surface area contributed by atoms with Crippen LogP contribution in [0.15, 0.2) is 36.5 Å². The predicted molar refractivity (Wildman–Crippen MR) is 86.8 cm³/mol. The third-order valence-electron chi connectivity index (χ3n) is 3.01. The molecule has 1 heteroatoms. The molecule has 0 saturated heterocycles. The molecule has 0 saturated carbocycles. The first-order chi connectivity index (χ1) is 9.06. The summed E-state index contributed by atoms with van der Waals surface area (Å²) in [6.07, 6.45) is 20.0. The summed E-state index contributed by atoms with van der Waals surface area (Å²) in [5, 5.41) is 0. The van der Waals surface area contributed by atoms with Crippen molar-refractivity contribution in [3.8, 4) is 12.3 Å². The Kier molecular flexibility index (Phi) is 11.0. The van der Waals surface area contributed by atoms with Crippen molar-refractivity contribution in [1.82, 2.24) is 0 Å².